The Morgan fingerprint density at radius 2 is 1.76 bits per heavy atom. The lowest BCUT2D eigenvalue weighted by Crippen LogP contribution is -2.37. The van der Waals surface area contributed by atoms with Gasteiger partial charge in [0.2, 0.25) is 10.0 Å². The smallest absolute Gasteiger partial charge is 0.242 e. The van der Waals surface area contributed by atoms with E-state index in [0.29, 0.717) is 10.6 Å². The summed E-state index contributed by atoms with van der Waals surface area (Å²) in [7, 11) is -3.70. The Bertz CT molecular complexity index is 587. The van der Waals surface area contributed by atoms with E-state index in [0.717, 1.165) is 12.8 Å². The average Bonchev–Trinajstić information content (AvgIpc) is 2.39. The number of rotatable bonds is 7. The van der Waals surface area contributed by atoms with Crippen molar-refractivity contribution in [2.24, 2.45) is 11.7 Å². The van der Waals surface area contributed by atoms with Gasteiger partial charge in [-0.15, -0.1) is 0 Å². The molecule has 0 bridgehead atoms. The molecule has 0 saturated heterocycles. The van der Waals surface area contributed by atoms with E-state index in [1.165, 1.54) is 12.1 Å². The zero-order valence-electron chi connectivity index (χ0n) is 12.5. The van der Waals surface area contributed by atoms with Crippen LogP contribution >= 0.6 is 23.2 Å². The molecule has 0 aliphatic rings. The number of sulfonamides is 1. The van der Waals surface area contributed by atoms with Crippen molar-refractivity contribution in [1.29, 1.82) is 0 Å². The summed E-state index contributed by atoms with van der Waals surface area (Å²) in [5, 5.41) is 0.468. The van der Waals surface area contributed by atoms with Crippen molar-refractivity contribution in [3.05, 3.63) is 27.7 Å². The first-order chi connectivity index (χ1) is 9.76. The van der Waals surface area contributed by atoms with Crippen LogP contribution in [-0.4, -0.2) is 14.5 Å². The normalized spacial score (nSPS) is 13.7. The number of benzene rings is 1. The highest BCUT2D eigenvalue weighted by molar-refractivity contribution is 7.89. The highest BCUT2D eigenvalue weighted by Gasteiger charge is 2.24. The number of nitrogens with two attached hydrogens (primary N) is 1. The Labute approximate surface area is 137 Å². The monoisotopic (exact) mass is 352 g/mol. The second kappa shape index (κ2) is 7.79. The molecule has 21 heavy (non-hydrogen) atoms. The van der Waals surface area contributed by atoms with E-state index in [4.69, 9.17) is 28.9 Å². The van der Waals surface area contributed by atoms with Gasteiger partial charge in [0.25, 0.3) is 0 Å². The summed E-state index contributed by atoms with van der Waals surface area (Å²) < 4.78 is 27.7. The van der Waals surface area contributed by atoms with Crippen molar-refractivity contribution in [2.75, 3.05) is 0 Å². The fourth-order valence-corrected chi connectivity index (χ4v) is 4.52. The molecule has 0 aromatic heterocycles. The number of hydrogen-bond donors (Lipinski definition) is 2. The molecule has 120 valence electrons. The van der Waals surface area contributed by atoms with Gasteiger partial charge in [0.15, 0.2) is 0 Å². The zero-order chi connectivity index (χ0) is 16.2. The first-order valence-corrected chi connectivity index (χ1v) is 9.21. The van der Waals surface area contributed by atoms with E-state index in [2.05, 4.69) is 4.72 Å². The topological polar surface area (TPSA) is 72.2 Å². The Balaban J connectivity index is 3.14. The Morgan fingerprint density at radius 1 is 1.19 bits per heavy atom. The Morgan fingerprint density at radius 3 is 2.24 bits per heavy atom. The summed E-state index contributed by atoms with van der Waals surface area (Å²) in [5.74, 6) is 0.278. The summed E-state index contributed by atoms with van der Waals surface area (Å²) in [4.78, 5) is 0.0202. The van der Waals surface area contributed by atoms with Crippen LogP contribution < -0.4 is 10.5 Å². The van der Waals surface area contributed by atoms with Crippen LogP contribution in [-0.2, 0) is 16.6 Å². The molecular weight excluding hydrogens is 331 g/mol. The molecule has 1 aromatic carbocycles. The molecule has 4 nitrogen and oxygen atoms in total. The third-order valence-electron chi connectivity index (χ3n) is 3.71. The van der Waals surface area contributed by atoms with E-state index in [1.807, 2.05) is 20.8 Å². The fraction of sp³-hybridized carbons (Fsp3) is 0.571. The van der Waals surface area contributed by atoms with Crippen LogP contribution in [0, 0.1) is 5.92 Å². The minimum Gasteiger partial charge on any atom is -0.326 e. The van der Waals surface area contributed by atoms with Crippen molar-refractivity contribution in [2.45, 2.75) is 51.1 Å². The van der Waals surface area contributed by atoms with Crippen molar-refractivity contribution >= 4 is 33.2 Å². The van der Waals surface area contributed by atoms with Crippen LogP contribution in [0.3, 0.4) is 0 Å². The first-order valence-electron chi connectivity index (χ1n) is 6.97. The van der Waals surface area contributed by atoms with E-state index in [-0.39, 0.29) is 28.4 Å². The Kier molecular flexibility index (Phi) is 6.94. The summed E-state index contributed by atoms with van der Waals surface area (Å²) in [6.45, 7) is 6.10. The van der Waals surface area contributed by atoms with Gasteiger partial charge in [-0.05, 0) is 30.5 Å². The van der Waals surface area contributed by atoms with Gasteiger partial charge in [0.1, 0.15) is 4.90 Å². The largest absolute Gasteiger partial charge is 0.326 e. The lowest BCUT2D eigenvalue weighted by atomic mass is 9.96. The average molecular weight is 353 g/mol. The molecule has 3 N–H and O–H groups in total. The maximum atomic E-state index is 12.5. The lowest BCUT2D eigenvalue weighted by Gasteiger charge is -2.22. The van der Waals surface area contributed by atoms with Crippen LogP contribution in [0.1, 0.15) is 39.2 Å². The second-order valence-corrected chi connectivity index (χ2v) is 7.56. The van der Waals surface area contributed by atoms with Gasteiger partial charge in [0, 0.05) is 17.6 Å². The van der Waals surface area contributed by atoms with E-state index in [1.54, 1.807) is 0 Å². The van der Waals surface area contributed by atoms with E-state index < -0.39 is 10.0 Å². The molecular formula is C14H22Cl2N2O2S. The van der Waals surface area contributed by atoms with Gasteiger partial charge in [0.05, 0.1) is 5.02 Å². The highest BCUT2D eigenvalue weighted by atomic mass is 35.5. The Hall–Kier alpha value is -0.330. The fourth-order valence-electron chi connectivity index (χ4n) is 2.33. The molecule has 0 fully saturated rings. The molecule has 0 radical (unpaired) electrons. The number of hydrogen-bond acceptors (Lipinski definition) is 3. The predicted octanol–water partition coefficient (Wildman–Crippen LogP) is 3.56. The summed E-state index contributed by atoms with van der Waals surface area (Å²) in [6, 6.07) is 2.69. The van der Waals surface area contributed by atoms with Gasteiger partial charge in [-0.1, -0.05) is 49.9 Å². The SMILES string of the molecule is CCC(CC)C(C)NS(=O)(=O)c1cc(CN)c(Cl)cc1Cl. The maximum Gasteiger partial charge on any atom is 0.242 e. The molecule has 0 heterocycles. The lowest BCUT2D eigenvalue weighted by molar-refractivity contribution is 0.391. The minimum atomic E-state index is -3.70. The molecule has 0 aliphatic heterocycles. The van der Waals surface area contributed by atoms with Gasteiger partial charge in [-0.2, -0.15) is 0 Å². The minimum absolute atomic E-state index is 0.0202. The van der Waals surface area contributed by atoms with Crippen LogP contribution in [0.25, 0.3) is 0 Å². The van der Waals surface area contributed by atoms with Crippen molar-refractivity contribution < 1.29 is 8.42 Å². The quantitative estimate of drug-likeness (QED) is 0.787. The maximum absolute atomic E-state index is 12.5. The van der Waals surface area contributed by atoms with Crippen LogP contribution in [0.2, 0.25) is 10.0 Å². The van der Waals surface area contributed by atoms with Gasteiger partial charge in [-0.25, -0.2) is 13.1 Å². The highest BCUT2D eigenvalue weighted by Crippen LogP contribution is 2.29. The van der Waals surface area contributed by atoms with Gasteiger partial charge >= 0.3 is 0 Å². The van der Waals surface area contributed by atoms with Crippen molar-refractivity contribution in [3.63, 3.8) is 0 Å². The number of halogens is 2. The summed E-state index contributed by atoms with van der Waals surface area (Å²) in [6.07, 6.45) is 1.81. The van der Waals surface area contributed by atoms with Gasteiger partial charge in [-0.3, -0.25) is 0 Å². The third-order valence-corrected chi connectivity index (χ3v) is 6.08. The van der Waals surface area contributed by atoms with Crippen molar-refractivity contribution in [1.82, 2.24) is 4.72 Å². The zero-order valence-corrected chi connectivity index (χ0v) is 14.8. The first kappa shape index (κ1) is 18.7. The standard InChI is InChI=1S/C14H22Cl2N2O2S/c1-4-10(5-2)9(3)18-21(19,20)14-6-11(8-17)12(15)7-13(14)16/h6-7,9-10,18H,4-5,8,17H2,1-3H3. The predicted molar refractivity (Wildman–Crippen MR) is 88.2 cm³/mol. The van der Waals surface area contributed by atoms with Gasteiger partial charge < -0.3 is 5.73 Å². The van der Waals surface area contributed by atoms with Crippen molar-refractivity contribution in [3.8, 4) is 0 Å². The molecule has 0 amide bonds. The molecule has 0 spiro atoms. The molecule has 1 atom stereocenters. The molecule has 1 rings (SSSR count). The molecule has 0 saturated carbocycles. The van der Waals surface area contributed by atoms with Crippen LogP contribution in [0.5, 0.6) is 0 Å². The second-order valence-electron chi connectivity index (χ2n) is 5.06. The van der Waals surface area contributed by atoms with E-state index in [9.17, 15) is 8.42 Å². The summed E-state index contributed by atoms with van der Waals surface area (Å²) >= 11 is 12.0. The molecule has 1 unspecified atom stereocenters. The molecule has 0 aliphatic carbocycles. The molecule has 1 aromatic rings. The molecule has 7 heteroatoms. The van der Waals surface area contributed by atoms with Crippen LogP contribution in [0.15, 0.2) is 17.0 Å². The number of nitrogens with one attached hydrogen (secondary N) is 1. The van der Waals surface area contributed by atoms with Crippen LogP contribution in [0.4, 0.5) is 0 Å². The van der Waals surface area contributed by atoms with E-state index >= 15 is 0 Å². The summed E-state index contributed by atoms with van der Waals surface area (Å²) in [5.41, 5.74) is 6.12. The third kappa shape index (κ3) is 4.57.